The predicted octanol–water partition coefficient (Wildman–Crippen LogP) is 8.57. The third-order valence-electron chi connectivity index (χ3n) is 5.82. The highest BCUT2D eigenvalue weighted by Crippen LogP contribution is 2.27. The lowest BCUT2D eigenvalue weighted by atomic mass is 10.1. The maximum Gasteiger partial charge on any atom is 0.416 e. The first-order chi connectivity index (χ1) is 16.6. The van der Waals surface area contributed by atoms with E-state index in [4.69, 9.17) is 0 Å². The topological polar surface area (TPSA) is 15.3 Å². The van der Waals surface area contributed by atoms with Gasteiger partial charge in [0.2, 0.25) is 0 Å². The molecule has 1 atom stereocenters. The quantitative estimate of drug-likeness (QED) is 0.243. The largest absolute Gasteiger partial charge is 0.416 e. The molecule has 0 amide bonds. The first-order valence-electron chi connectivity index (χ1n) is 13.1. The molecule has 35 heavy (non-hydrogen) atoms. The van der Waals surface area contributed by atoms with Crippen LogP contribution in [0, 0.1) is 5.92 Å². The number of hydrogen-bond acceptors (Lipinski definition) is 2. The molecule has 0 saturated carbocycles. The molecule has 0 aromatic rings. The van der Waals surface area contributed by atoms with E-state index in [1.807, 2.05) is 26.8 Å². The molecule has 1 unspecified atom stereocenters. The summed E-state index contributed by atoms with van der Waals surface area (Å²) < 4.78 is 38.4. The van der Waals surface area contributed by atoms with Gasteiger partial charge in [0, 0.05) is 19.1 Å². The summed E-state index contributed by atoms with van der Waals surface area (Å²) in [6.07, 6.45) is 12.5. The van der Waals surface area contributed by atoms with E-state index in [0.717, 1.165) is 49.7 Å². The van der Waals surface area contributed by atoms with Crippen LogP contribution in [0.2, 0.25) is 0 Å². The van der Waals surface area contributed by atoms with Gasteiger partial charge in [0.15, 0.2) is 0 Å². The Morgan fingerprint density at radius 1 is 1.20 bits per heavy atom. The van der Waals surface area contributed by atoms with Crippen LogP contribution in [0.25, 0.3) is 0 Å². The molecular weight excluding hydrogens is 445 g/mol. The van der Waals surface area contributed by atoms with Gasteiger partial charge in [-0.2, -0.15) is 13.2 Å². The highest BCUT2D eigenvalue weighted by molar-refractivity contribution is 5.44. The number of allylic oxidation sites excluding steroid dienone is 10. The zero-order chi connectivity index (χ0) is 26.9. The van der Waals surface area contributed by atoms with Gasteiger partial charge in [-0.25, -0.2) is 0 Å². The van der Waals surface area contributed by atoms with Crippen LogP contribution in [-0.4, -0.2) is 43.8 Å². The van der Waals surface area contributed by atoms with Crippen LogP contribution in [0.1, 0.15) is 73.6 Å². The number of alkyl halides is 3. The molecule has 0 heterocycles. The van der Waals surface area contributed by atoms with Crippen molar-refractivity contribution in [1.29, 1.82) is 0 Å². The summed E-state index contributed by atoms with van der Waals surface area (Å²) in [6.45, 7) is 19.1. The van der Waals surface area contributed by atoms with Crippen LogP contribution >= 0.6 is 0 Å². The van der Waals surface area contributed by atoms with Crippen LogP contribution in [0.3, 0.4) is 0 Å². The molecule has 0 spiro atoms. The lowest BCUT2D eigenvalue weighted by Crippen LogP contribution is -2.32. The first kappa shape index (κ1) is 33.1. The minimum absolute atomic E-state index is 0.223. The first-order valence-corrected chi connectivity index (χ1v) is 13.1. The Kier molecular flexibility index (Phi) is 17.4. The predicted molar refractivity (Wildman–Crippen MR) is 148 cm³/mol. The SMILES string of the molecule is C=C/C(=C\C/C=C(\C)C1=CC=C(CNC(CC)CCCN(C)CC(C)C)CC=C1)C(F)(F)F.CC. The molecule has 1 rings (SSSR count). The van der Waals surface area contributed by atoms with E-state index >= 15 is 0 Å². The lowest BCUT2D eigenvalue weighted by molar-refractivity contribution is -0.0883. The van der Waals surface area contributed by atoms with Crippen molar-refractivity contribution < 1.29 is 13.2 Å². The standard InChI is InChI=1S/C28H43F3N2.C2H6/c1-7-26(28(29,30)31)15-9-12-23(5)25-14-10-13-24(17-18-25)20-32-27(8-2)16-11-19-33(6)21-22(3)4;1-2/h7,10,12,14-15,17-18,22,27,32H,1,8-9,11,13,16,19-21H2,2-6H3;1-2H3/b23-12+,26-15+;. The fourth-order valence-corrected chi connectivity index (χ4v) is 3.91. The van der Waals surface area contributed by atoms with Gasteiger partial charge in [-0.3, -0.25) is 0 Å². The van der Waals surface area contributed by atoms with Gasteiger partial charge >= 0.3 is 6.18 Å². The van der Waals surface area contributed by atoms with Gasteiger partial charge in [-0.1, -0.05) is 89.3 Å². The number of rotatable bonds is 14. The maximum absolute atomic E-state index is 12.8. The Bertz CT molecular complexity index is 752. The third-order valence-corrected chi connectivity index (χ3v) is 5.82. The second-order valence-electron chi connectivity index (χ2n) is 9.32. The number of nitrogens with one attached hydrogen (secondary N) is 1. The van der Waals surface area contributed by atoms with Gasteiger partial charge in [0.1, 0.15) is 0 Å². The minimum Gasteiger partial charge on any atom is -0.310 e. The van der Waals surface area contributed by atoms with E-state index < -0.39 is 11.7 Å². The molecule has 0 aromatic heterocycles. The summed E-state index contributed by atoms with van der Waals surface area (Å²) in [6, 6.07) is 0.509. The van der Waals surface area contributed by atoms with Crippen LogP contribution < -0.4 is 5.32 Å². The Hall–Kier alpha value is -1.85. The van der Waals surface area contributed by atoms with Crippen LogP contribution in [0.5, 0.6) is 0 Å². The Balaban J connectivity index is 0.00000562. The average molecular weight is 495 g/mol. The smallest absolute Gasteiger partial charge is 0.310 e. The zero-order valence-electron chi connectivity index (χ0n) is 23.1. The molecule has 200 valence electrons. The van der Waals surface area contributed by atoms with Crippen LogP contribution in [0.4, 0.5) is 13.2 Å². The number of halogens is 3. The van der Waals surface area contributed by atoms with Crippen molar-refractivity contribution in [3.05, 3.63) is 71.4 Å². The van der Waals surface area contributed by atoms with E-state index in [2.05, 4.69) is 68.9 Å². The Morgan fingerprint density at radius 2 is 1.89 bits per heavy atom. The molecule has 1 N–H and O–H groups in total. The number of hydrogen-bond donors (Lipinski definition) is 1. The molecule has 1 aliphatic rings. The van der Waals surface area contributed by atoms with E-state index in [1.165, 1.54) is 24.5 Å². The van der Waals surface area contributed by atoms with Gasteiger partial charge in [-0.15, -0.1) is 0 Å². The van der Waals surface area contributed by atoms with Gasteiger partial charge in [-0.05, 0) is 69.7 Å². The van der Waals surface area contributed by atoms with Crippen molar-refractivity contribution in [2.24, 2.45) is 5.92 Å². The maximum atomic E-state index is 12.8. The van der Waals surface area contributed by atoms with E-state index in [9.17, 15) is 13.2 Å². The average Bonchev–Trinajstić information content (AvgIpc) is 3.04. The zero-order valence-corrected chi connectivity index (χ0v) is 23.1. The fraction of sp³-hybridized carbons (Fsp3) is 0.600. The molecule has 1 aliphatic carbocycles. The monoisotopic (exact) mass is 494 g/mol. The molecule has 0 aromatic carbocycles. The molecule has 0 fully saturated rings. The second kappa shape index (κ2) is 18.4. The van der Waals surface area contributed by atoms with E-state index in [0.29, 0.717) is 12.0 Å². The molecule has 0 bridgehead atoms. The summed E-state index contributed by atoms with van der Waals surface area (Å²) in [5.41, 5.74) is 2.62. The second-order valence-corrected chi connectivity index (χ2v) is 9.32. The normalized spacial score (nSPS) is 15.9. The lowest BCUT2D eigenvalue weighted by Gasteiger charge is -2.22. The highest BCUT2D eigenvalue weighted by Gasteiger charge is 2.30. The third kappa shape index (κ3) is 15.0. The van der Waals surface area contributed by atoms with Crippen molar-refractivity contribution >= 4 is 0 Å². The Labute approximate surface area is 213 Å². The van der Waals surface area contributed by atoms with Crippen LogP contribution in [-0.2, 0) is 0 Å². The molecular formula is C30H49F3N2. The van der Waals surface area contributed by atoms with Crippen molar-refractivity contribution in [2.45, 2.75) is 85.9 Å². The van der Waals surface area contributed by atoms with E-state index in [1.54, 1.807) is 0 Å². The number of nitrogens with zero attached hydrogens (tertiary/aromatic N) is 1. The van der Waals surface area contributed by atoms with Crippen molar-refractivity contribution in [3.8, 4) is 0 Å². The summed E-state index contributed by atoms with van der Waals surface area (Å²) in [5, 5.41) is 3.70. The van der Waals surface area contributed by atoms with E-state index in [-0.39, 0.29) is 6.42 Å². The summed E-state index contributed by atoms with van der Waals surface area (Å²) in [4.78, 5) is 2.41. The summed E-state index contributed by atoms with van der Waals surface area (Å²) in [7, 11) is 2.20. The Morgan fingerprint density at radius 3 is 2.46 bits per heavy atom. The van der Waals surface area contributed by atoms with Gasteiger partial charge in [0.05, 0.1) is 5.57 Å². The summed E-state index contributed by atoms with van der Waals surface area (Å²) >= 11 is 0. The molecule has 5 heteroatoms. The molecule has 0 saturated heterocycles. The molecule has 2 nitrogen and oxygen atoms in total. The van der Waals surface area contributed by atoms with Crippen molar-refractivity contribution in [1.82, 2.24) is 10.2 Å². The van der Waals surface area contributed by atoms with Crippen LogP contribution in [0.15, 0.2) is 71.4 Å². The van der Waals surface area contributed by atoms with Crippen molar-refractivity contribution in [3.63, 3.8) is 0 Å². The highest BCUT2D eigenvalue weighted by atomic mass is 19.4. The molecule has 0 radical (unpaired) electrons. The summed E-state index contributed by atoms with van der Waals surface area (Å²) in [5.74, 6) is 0.697. The minimum atomic E-state index is -4.35. The van der Waals surface area contributed by atoms with Crippen molar-refractivity contribution in [2.75, 3.05) is 26.7 Å². The fourth-order valence-electron chi connectivity index (χ4n) is 3.91. The van der Waals surface area contributed by atoms with Gasteiger partial charge in [0.25, 0.3) is 0 Å². The van der Waals surface area contributed by atoms with Gasteiger partial charge < -0.3 is 10.2 Å². The molecule has 0 aliphatic heterocycles.